The SMILES string of the molecule is C=COC(/C=C/c1c(S(=O)(=O)C(F)(F)F)ccc(Oc2cc(F)cc(C#N)c2)c1C)=N\C. The third-order valence-electron chi connectivity index (χ3n) is 4.06. The maximum atomic E-state index is 13.7. The summed E-state index contributed by atoms with van der Waals surface area (Å²) in [6.07, 6.45) is 3.25. The molecule has 0 radical (unpaired) electrons. The minimum absolute atomic E-state index is 0.00315. The maximum Gasteiger partial charge on any atom is 0.501 e. The van der Waals surface area contributed by atoms with Crippen LogP contribution in [0.3, 0.4) is 0 Å². The first kappa shape index (κ1) is 24.6. The van der Waals surface area contributed by atoms with Crippen molar-refractivity contribution in [3.05, 3.63) is 71.8 Å². The lowest BCUT2D eigenvalue weighted by Crippen LogP contribution is -2.24. The van der Waals surface area contributed by atoms with Crippen molar-refractivity contribution >= 4 is 21.8 Å². The van der Waals surface area contributed by atoms with Gasteiger partial charge in [-0.2, -0.15) is 18.4 Å². The Morgan fingerprint density at radius 3 is 2.50 bits per heavy atom. The number of rotatable bonds is 6. The van der Waals surface area contributed by atoms with Gasteiger partial charge >= 0.3 is 5.51 Å². The zero-order valence-electron chi connectivity index (χ0n) is 16.8. The van der Waals surface area contributed by atoms with Crippen LogP contribution in [0.25, 0.3) is 6.08 Å². The van der Waals surface area contributed by atoms with Gasteiger partial charge in [-0.1, -0.05) is 6.58 Å². The van der Waals surface area contributed by atoms with Crippen molar-refractivity contribution in [1.82, 2.24) is 0 Å². The summed E-state index contributed by atoms with van der Waals surface area (Å²) in [4.78, 5) is 2.73. The molecule has 0 saturated heterocycles. The highest BCUT2D eigenvalue weighted by atomic mass is 32.2. The smallest absolute Gasteiger partial charge is 0.457 e. The van der Waals surface area contributed by atoms with E-state index >= 15 is 0 Å². The highest BCUT2D eigenvalue weighted by molar-refractivity contribution is 7.92. The molecule has 2 aromatic carbocycles. The molecule has 0 fully saturated rings. The summed E-state index contributed by atoms with van der Waals surface area (Å²) >= 11 is 0. The molecule has 2 aromatic rings. The zero-order valence-corrected chi connectivity index (χ0v) is 17.6. The Morgan fingerprint density at radius 1 is 1.25 bits per heavy atom. The molecule has 168 valence electrons. The fourth-order valence-corrected chi connectivity index (χ4v) is 3.59. The number of sulfone groups is 1. The molecule has 0 amide bonds. The molecule has 0 saturated carbocycles. The Bertz CT molecular complexity index is 1240. The second-order valence-corrected chi connectivity index (χ2v) is 8.03. The predicted octanol–water partition coefficient (Wildman–Crippen LogP) is 5.29. The molecule has 32 heavy (non-hydrogen) atoms. The average molecular weight is 468 g/mol. The Labute approximate surface area is 181 Å². The first-order chi connectivity index (χ1) is 14.9. The third-order valence-corrected chi connectivity index (χ3v) is 5.61. The predicted molar refractivity (Wildman–Crippen MR) is 109 cm³/mol. The summed E-state index contributed by atoms with van der Waals surface area (Å²) in [6.45, 7) is 4.66. The molecule has 11 heteroatoms. The van der Waals surface area contributed by atoms with E-state index in [2.05, 4.69) is 11.6 Å². The Balaban J connectivity index is 2.68. The van der Waals surface area contributed by atoms with Crippen molar-refractivity contribution in [3.63, 3.8) is 0 Å². The van der Waals surface area contributed by atoms with Crippen LogP contribution in [0.4, 0.5) is 17.6 Å². The Hall–Kier alpha value is -3.65. The van der Waals surface area contributed by atoms with Crippen molar-refractivity contribution < 1.29 is 35.5 Å². The van der Waals surface area contributed by atoms with Crippen molar-refractivity contribution in [2.45, 2.75) is 17.3 Å². The average Bonchev–Trinajstić information content (AvgIpc) is 2.71. The van der Waals surface area contributed by atoms with Gasteiger partial charge in [0.2, 0.25) is 5.90 Å². The van der Waals surface area contributed by atoms with Gasteiger partial charge in [-0.05, 0) is 37.3 Å². The minimum Gasteiger partial charge on any atom is -0.457 e. The van der Waals surface area contributed by atoms with Crippen molar-refractivity contribution in [2.75, 3.05) is 7.05 Å². The number of benzene rings is 2. The second-order valence-electron chi connectivity index (χ2n) is 6.12. The Morgan fingerprint density at radius 2 is 1.94 bits per heavy atom. The number of halogens is 4. The molecule has 0 aliphatic rings. The van der Waals surface area contributed by atoms with E-state index in [0.29, 0.717) is 0 Å². The van der Waals surface area contributed by atoms with Gasteiger partial charge in [0.1, 0.15) is 17.3 Å². The molecule has 0 heterocycles. The molecule has 0 aromatic heterocycles. The summed E-state index contributed by atoms with van der Waals surface area (Å²) in [5.74, 6) is -0.972. The van der Waals surface area contributed by atoms with E-state index in [0.717, 1.165) is 42.7 Å². The number of hydrogen-bond donors (Lipinski definition) is 0. The van der Waals surface area contributed by atoms with Crippen LogP contribution in [0.5, 0.6) is 11.5 Å². The van der Waals surface area contributed by atoms with Gasteiger partial charge in [0.15, 0.2) is 0 Å². The number of aliphatic imine (C=N–C) groups is 1. The van der Waals surface area contributed by atoms with E-state index in [4.69, 9.17) is 14.7 Å². The van der Waals surface area contributed by atoms with Crippen LogP contribution in [0, 0.1) is 24.1 Å². The first-order valence-corrected chi connectivity index (χ1v) is 10.2. The molecular formula is C21H16F4N2O4S. The standard InChI is InChI=1S/C21H16F4N2O4S/c1-4-30-20(27-3)8-5-17-13(2)18(6-7-19(17)32(28,29)21(23,24)25)31-16-10-14(12-26)9-15(22)11-16/h4-11H,1H2,2-3H3/b8-5+,27-20-. The van der Waals surface area contributed by atoms with E-state index in [-0.39, 0.29) is 34.1 Å². The van der Waals surface area contributed by atoms with Gasteiger partial charge < -0.3 is 9.47 Å². The van der Waals surface area contributed by atoms with Gasteiger partial charge in [-0.25, -0.2) is 12.8 Å². The lowest BCUT2D eigenvalue weighted by Gasteiger charge is -2.16. The fraction of sp³-hybridized carbons (Fsp3) is 0.143. The van der Waals surface area contributed by atoms with Crippen LogP contribution in [-0.4, -0.2) is 26.9 Å². The molecule has 0 atom stereocenters. The van der Waals surface area contributed by atoms with E-state index in [9.17, 15) is 26.0 Å². The van der Waals surface area contributed by atoms with Crippen molar-refractivity contribution in [3.8, 4) is 17.6 Å². The van der Waals surface area contributed by atoms with Gasteiger partial charge in [0.05, 0.1) is 22.8 Å². The van der Waals surface area contributed by atoms with Crippen LogP contribution in [-0.2, 0) is 14.6 Å². The molecule has 0 unspecified atom stereocenters. The van der Waals surface area contributed by atoms with Gasteiger partial charge in [0, 0.05) is 30.3 Å². The van der Waals surface area contributed by atoms with E-state index < -0.39 is 26.1 Å². The topological polar surface area (TPSA) is 88.8 Å². The third kappa shape index (κ3) is 5.33. The molecular weight excluding hydrogens is 452 g/mol. The van der Waals surface area contributed by atoms with Crippen LogP contribution < -0.4 is 4.74 Å². The van der Waals surface area contributed by atoms with Gasteiger partial charge in [-0.15, -0.1) is 0 Å². The van der Waals surface area contributed by atoms with Crippen LogP contribution >= 0.6 is 0 Å². The second kappa shape index (κ2) is 9.65. The number of nitriles is 1. The van der Waals surface area contributed by atoms with Crippen molar-refractivity contribution in [1.29, 1.82) is 5.26 Å². The monoisotopic (exact) mass is 468 g/mol. The molecule has 2 rings (SSSR count). The highest BCUT2D eigenvalue weighted by Crippen LogP contribution is 2.38. The van der Waals surface area contributed by atoms with E-state index in [1.807, 2.05) is 0 Å². The number of alkyl halides is 3. The Kier molecular flexibility index (Phi) is 7.43. The van der Waals surface area contributed by atoms with Crippen LogP contribution in [0.15, 0.2) is 59.1 Å². The number of hydrogen-bond acceptors (Lipinski definition) is 6. The van der Waals surface area contributed by atoms with Gasteiger partial charge in [-0.3, -0.25) is 4.99 Å². The van der Waals surface area contributed by atoms with Crippen molar-refractivity contribution in [2.24, 2.45) is 4.99 Å². The molecule has 0 aliphatic heterocycles. The summed E-state index contributed by atoms with van der Waals surface area (Å²) in [5, 5.41) is 8.96. The number of ether oxygens (including phenoxy) is 2. The molecule has 6 nitrogen and oxygen atoms in total. The molecule has 0 spiro atoms. The first-order valence-electron chi connectivity index (χ1n) is 8.70. The minimum atomic E-state index is -5.71. The van der Waals surface area contributed by atoms with E-state index in [1.165, 1.54) is 20.0 Å². The highest BCUT2D eigenvalue weighted by Gasteiger charge is 2.48. The largest absolute Gasteiger partial charge is 0.501 e. The van der Waals surface area contributed by atoms with Crippen LogP contribution in [0.2, 0.25) is 0 Å². The number of nitrogens with zero attached hydrogens (tertiary/aromatic N) is 2. The zero-order chi connectivity index (χ0) is 24.1. The summed E-state index contributed by atoms with van der Waals surface area (Å²) in [7, 11) is -4.37. The van der Waals surface area contributed by atoms with Gasteiger partial charge in [0.25, 0.3) is 9.84 Å². The molecule has 0 N–H and O–H groups in total. The normalized spacial score (nSPS) is 12.5. The lowest BCUT2D eigenvalue weighted by atomic mass is 10.1. The summed E-state index contributed by atoms with van der Waals surface area (Å²) in [6, 6.07) is 6.64. The molecule has 0 aliphatic carbocycles. The summed E-state index contributed by atoms with van der Waals surface area (Å²) < 4.78 is 88.0. The quantitative estimate of drug-likeness (QED) is 0.249. The maximum absolute atomic E-state index is 13.7. The summed E-state index contributed by atoms with van der Waals surface area (Å²) in [5.41, 5.74) is -5.93. The lowest BCUT2D eigenvalue weighted by molar-refractivity contribution is -0.0436. The molecule has 0 bridgehead atoms. The van der Waals surface area contributed by atoms with E-state index in [1.54, 1.807) is 6.07 Å². The fourth-order valence-electron chi connectivity index (χ4n) is 2.58. The van der Waals surface area contributed by atoms with Crippen LogP contribution in [0.1, 0.15) is 16.7 Å².